The van der Waals surface area contributed by atoms with Gasteiger partial charge in [-0.25, -0.2) is 23.7 Å². The summed E-state index contributed by atoms with van der Waals surface area (Å²) in [4.78, 5) is 12.9. The van der Waals surface area contributed by atoms with Gasteiger partial charge in [0.15, 0.2) is 23.2 Å². The maximum absolute atomic E-state index is 13.5. The van der Waals surface area contributed by atoms with E-state index in [0.29, 0.717) is 23.5 Å². The van der Waals surface area contributed by atoms with Crippen molar-refractivity contribution in [1.82, 2.24) is 19.5 Å². The van der Waals surface area contributed by atoms with Crippen molar-refractivity contribution < 1.29 is 28.8 Å². The number of nitrogens with one attached hydrogen (secondary N) is 1. The van der Waals surface area contributed by atoms with Crippen LogP contribution in [-0.4, -0.2) is 66.3 Å². The van der Waals surface area contributed by atoms with Gasteiger partial charge in [-0.2, -0.15) is 0 Å². The molecule has 4 N–H and O–H groups in total. The fourth-order valence-corrected chi connectivity index (χ4v) is 4.29. The average molecular weight is 483 g/mol. The summed E-state index contributed by atoms with van der Waals surface area (Å²) in [5.41, 5.74) is 2.42. The first-order valence-corrected chi connectivity index (χ1v) is 11.0. The number of nitrogens with zero attached hydrogens (tertiary/aromatic N) is 4. The van der Waals surface area contributed by atoms with Gasteiger partial charge in [0.1, 0.15) is 36.3 Å². The van der Waals surface area contributed by atoms with Gasteiger partial charge in [-0.3, -0.25) is 4.57 Å². The SMILES string of the molecule is OC[C@H]1O[C@@H](n2cnc3c(NCC(c4ccc(F)cc4)c4ccc(F)cc4)ncnc32)[C@H](O)[C@@H]1O. The van der Waals surface area contributed by atoms with Gasteiger partial charge < -0.3 is 25.4 Å². The van der Waals surface area contributed by atoms with Gasteiger partial charge in [0.25, 0.3) is 0 Å². The molecule has 0 bridgehead atoms. The highest BCUT2D eigenvalue weighted by Gasteiger charge is 2.44. The van der Waals surface area contributed by atoms with E-state index >= 15 is 0 Å². The van der Waals surface area contributed by atoms with Gasteiger partial charge in [0, 0.05) is 12.5 Å². The van der Waals surface area contributed by atoms with Crippen molar-refractivity contribution in [3.63, 3.8) is 0 Å². The highest BCUT2D eigenvalue weighted by Crippen LogP contribution is 2.32. The van der Waals surface area contributed by atoms with Gasteiger partial charge in [0.2, 0.25) is 0 Å². The van der Waals surface area contributed by atoms with Crippen LogP contribution < -0.4 is 5.32 Å². The first kappa shape index (κ1) is 23.2. The number of hydrogen-bond donors (Lipinski definition) is 4. The van der Waals surface area contributed by atoms with Crippen LogP contribution in [0.15, 0.2) is 61.2 Å². The molecular formula is C24H23F2N5O4. The molecule has 5 rings (SSSR count). The molecule has 4 atom stereocenters. The predicted octanol–water partition coefficient (Wildman–Crippen LogP) is 1.96. The second-order valence-corrected chi connectivity index (χ2v) is 8.31. The van der Waals surface area contributed by atoms with E-state index in [9.17, 15) is 24.1 Å². The number of rotatable bonds is 7. The Balaban J connectivity index is 1.43. The van der Waals surface area contributed by atoms with E-state index in [1.165, 1.54) is 41.5 Å². The second-order valence-electron chi connectivity index (χ2n) is 8.31. The number of fused-ring (bicyclic) bond motifs is 1. The molecule has 0 radical (unpaired) electrons. The molecule has 0 spiro atoms. The predicted molar refractivity (Wildman–Crippen MR) is 121 cm³/mol. The Morgan fingerprint density at radius 3 is 2.11 bits per heavy atom. The lowest BCUT2D eigenvalue weighted by Gasteiger charge is -2.19. The highest BCUT2D eigenvalue weighted by atomic mass is 19.1. The first-order valence-electron chi connectivity index (χ1n) is 11.0. The van der Waals surface area contributed by atoms with Crippen LogP contribution in [0, 0.1) is 11.6 Å². The molecule has 35 heavy (non-hydrogen) atoms. The molecule has 0 aliphatic carbocycles. The number of aromatic nitrogens is 4. The van der Waals surface area contributed by atoms with Gasteiger partial charge in [0.05, 0.1) is 12.9 Å². The molecule has 11 heteroatoms. The van der Waals surface area contributed by atoms with Gasteiger partial charge >= 0.3 is 0 Å². The fraction of sp³-hybridized carbons (Fsp3) is 0.292. The summed E-state index contributed by atoms with van der Waals surface area (Å²) < 4.78 is 34.1. The van der Waals surface area contributed by atoms with E-state index in [0.717, 1.165) is 11.1 Å². The van der Waals surface area contributed by atoms with Crippen molar-refractivity contribution >= 4 is 17.0 Å². The van der Waals surface area contributed by atoms with E-state index in [1.54, 1.807) is 24.3 Å². The number of benzene rings is 2. The molecule has 1 aliphatic heterocycles. The Hall–Kier alpha value is -3.51. The van der Waals surface area contributed by atoms with Crippen LogP contribution in [0.4, 0.5) is 14.6 Å². The van der Waals surface area contributed by atoms with Crippen molar-refractivity contribution in [3.8, 4) is 0 Å². The summed E-state index contributed by atoms with van der Waals surface area (Å²) in [5.74, 6) is -0.543. The van der Waals surface area contributed by atoms with E-state index in [1.807, 2.05) is 0 Å². The lowest BCUT2D eigenvalue weighted by Crippen LogP contribution is -2.33. The summed E-state index contributed by atoms with van der Waals surface area (Å²) in [5, 5.41) is 33.1. The van der Waals surface area contributed by atoms with Crippen LogP contribution >= 0.6 is 0 Å². The van der Waals surface area contributed by atoms with Crippen LogP contribution in [0.5, 0.6) is 0 Å². The molecule has 4 aromatic rings. The van der Waals surface area contributed by atoms with Gasteiger partial charge in [-0.15, -0.1) is 0 Å². The molecule has 2 aromatic carbocycles. The lowest BCUT2D eigenvalue weighted by atomic mass is 9.91. The number of hydrogen-bond acceptors (Lipinski definition) is 8. The van der Waals surface area contributed by atoms with Crippen molar-refractivity contribution in [2.75, 3.05) is 18.5 Å². The number of anilines is 1. The molecule has 9 nitrogen and oxygen atoms in total. The normalized spacial score (nSPS) is 22.2. The maximum Gasteiger partial charge on any atom is 0.167 e. The number of aliphatic hydroxyl groups is 3. The second kappa shape index (κ2) is 9.62. The topological polar surface area (TPSA) is 126 Å². The number of ether oxygens (including phenoxy) is 1. The van der Waals surface area contributed by atoms with Crippen LogP contribution in [0.1, 0.15) is 23.3 Å². The standard InChI is InChI=1S/C24H23F2N5O4/c25-15-5-1-13(2-6-15)17(14-3-7-16(26)8-4-14)9-27-22-19-23(29-11-28-22)31(12-30-19)24-21(34)20(33)18(10-32)35-24/h1-8,11-12,17-18,20-21,24,32-34H,9-10H2,(H,27,28,29)/t18-,20-,21-,24-/m1/s1. The summed E-state index contributed by atoms with van der Waals surface area (Å²) in [6.07, 6.45) is -1.71. The van der Waals surface area contributed by atoms with Crippen LogP contribution in [0.3, 0.4) is 0 Å². The molecule has 0 amide bonds. The van der Waals surface area contributed by atoms with Crippen LogP contribution in [-0.2, 0) is 4.74 Å². The van der Waals surface area contributed by atoms with E-state index in [-0.39, 0.29) is 17.6 Å². The Morgan fingerprint density at radius 1 is 0.914 bits per heavy atom. The number of aliphatic hydroxyl groups excluding tert-OH is 3. The molecule has 3 heterocycles. The highest BCUT2D eigenvalue weighted by molar-refractivity contribution is 5.82. The van der Waals surface area contributed by atoms with Gasteiger partial charge in [-0.1, -0.05) is 24.3 Å². The van der Waals surface area contributed by atoms with E-state index < -0.39 is 31.1 Å². The Morgan fingerprint density at radius 2 is 1.54 bits per heavy atom. The van der Waals surface area contributed by atoms with E-state index in [4.69, 9.17) is 4.74 Å². The quantitative estimate of drug-likeness (QED) is 0.314. The minimum absolute atomic E-state index is 0.247. The molecule has 182 valence electrons. The summed E-state index contributed by atoms with van der Waals surface area (Å²) in [6, 6.07) is 12.2. The maximum atomic E-state index is 13.5. The third-order valence-corrected chi connectivity index (χ3v) is 6.17. The summed E-state index contributed by atoms with van der Waals surface area (Å²) in [6.45, 7) is -0.110. The molecule has 1 fully saturated rings. The average Bonchev–Trinajstić information content (AvgIpc) is 3.42. The van der Waals surface area contributed by atoms with Crippen molar-refractivity contribution in [2.24, 2.45) is 0 Å². The Bertz CT molecular complexity index is 1260. The van der Waals surface area contributed by atoms with E-state index in [2.05, 4.69) is 20.3 Å². The zero-order valence-corrected chi connectivity index (χ0v) is 18.4. The third-order valence-electron chi connectivity index (χ3n) is 6.17. The van der Waals surface area contributed by atoms with Crippen LogP contribution in [0.2, 0.25) is 0 Å². The zero-order chi connectivity index (χ0) is 24.5. The zero-order valence-electron chi connectivity index (χ0n) is 18.4. The smallest absolute Gasteiger partial charge is 0.167 e. The molecule has 0 unspecified atom stereocenters. The Labute approximate surface area is 198 Å². The third kappa shape index (κ3) is 4.46. The number of halogens is 2. The fourth-order valence-electron chi connectivity index (χ4n) is 4.29. The van der Waals surface area contributed by atoms with Crippen LogP contribution in [0.25, 0.3) is 11.2 Å². The molecule has 1 aliphatic rings. The number of imidazole rings is 1. The monoisotopic (exact) mass is 483 g/mol. The Kier molecular flexibility index (Phi) is 6.39. The molecule has 0 saturated carbocycles. The first-order chi connectivity index (χ1) is 17.0. The molecule has 2 aromatic heterocycles. The molecular weight excluding hydrogens is 460 g/mol. The summed E-state index contributed by atoms with van der Waals surface area (Å²) in [7, 11) is 0. The van der Waals surface area contributed by atoms with Crippen molar-refractivity contribution in [2.45, 2.75) is 30.5 Å². The van der Waals surface area contributed by atoms with Crippen molar-refractivity contribution in [3.05, 3.63) is 83.9 Å². The molecule has 1 saturated heterocycles. The van der Waals surface area contributed by atoms with Crippen molar-refractivity contribution in [1.29, 1.82) is 0 Å². The van der Waals surface area contributed by atoms with Gasteiger partial charge in [-0.05, 0) is 35.4 Å². The minimum Gasteiger partial charge on any atom is -0.394 e. The summed E-state index contributed by atoms with van der Waals surface area (Å²) >= 11 is 0. The lowest BCUT2D eigenvalue weighted by molar-refractivity contribution is -0.0511. The largest absolute Gasteiger partial charge is 0.394 e. The minimum atomic E-state index is -1.28.